The van der Waals surface area contributed by atoms with Crippen LogP contribution in [0.3, 0.4) is 0 Å². The van der Waals surface area contributed by atoms with Gasteiger partial charge in [-0.15, -0.1) is 11.3 Å². The van der Waals surface area contributed by atoms with Crippen LogP contribution in [0.25, 0.3) is 10.2 Å². The summed E-state index contributed by atoms with van der Waals surface area (Å²) in [4.78, 5) is 22.5. The summed E-state index contributed by atoms with van der Waals surface area (Å²) in [6.45, 7) is 3.18. The van der Waals surface area contributed by atoms with Crippen molar-refractivity contribution < 1.29 is 9.53 Å². The van der Waals surface area contributed by atoms with Crippen LogP contribution in [0.15, 0.2) is 17.4 Å². The molecule has 1 amide bonds. The van der Waals surface area contributed by atoms with E-state index in [0.717, 1.165) is 21.7 Å². The lowest BCUT2D eigenvalue weighted by Crippen LogP contribution is -2.28. The summed E-state index contributed by atoms with van der Waals surface area (Å²) in [5.41, 5.74) is 0. The second-order valence-corrected chi connectivity index (χ2v) is 6.17. The van der Waals surface area contributed by atoms with Gasteiger partial charge in [0.1, 0.15) is 16.2 Å². The van der Waals surface area contributed by atoms with Crippen molar-refractivity contribution in [3.63, 3.8) is 0 Å². The van der Waals surface area contributed by atoms with Crippen molar-refractivity contribution in [1.82, 2.24) is 15.3 Å². The van der Waals surface area contributed by atoms with Gasteiger partial charge in [0.2, 0.25) is 5.91 Å². The van der Waals surface area contributed by atoms with E-state index in [2.05, 4.69) is 28.3 Å². The van der Waals surface area contributed by atoms with Crippen LogP contribution < -0.4 is 5.32 Å². The number of nitrogens with one attached hydrogen (secondary N) is 1. The van der Waals surface area contributed by atoms with Crippen molar-refractivity contribution in [3.05, 3.63) is 17.3 Å². The van der Waals surface area contributed by atoms with Crippen LogP contribution in [0.5, 0.6) is 0 Å². The zero-order chi connectivity index (χ0) is 14.4. The van der Waals surface area contributed by atoms with Crippen LogP contribution in [0.4, 0.5) is 0 Å². The average molecular weight is 311 g/mol. The zero-order valence-electron chi connectivity index (χ0n) is 11.5. The van der Waals surface area contributed by atoms with Crippen LogP contribution in [-0.2, 0) is 16.0 Å². The van der Waals surface area contributed by atoms with Gasteiger partial charge in [0.25, 0.3) is 0 Å². The van der Waals surface area contributed by atoms with E-state index >= 15 is 0 Å². The molecule has 0 fully saturated rings. The number of thioether (sulfide) groups is 1. The van der Waals surface area contributed by atoms with Crippen LogP contribution in [0.2, 0.25) is 0 Å². The Morgan fingerprint density at radius 2 is 2.35 bits per heavy atom. The first-order valence-corrected chi connectivity index (χ1v) is 8.16. The molecule has 1 N–H and O–H groups in total. The van der Waals surface area contributed by atoms with Crippen LogP contribution in [-0.4, -0.2) is 41.9 Å². The van der Waals surface area contributed by atoms with Crippen LogP contribution >= 0.6 is 23.1 Å². The summed E-state index contributed by atoms with van der Waals surface area (Å²) in [6.07, 6.45) is 2.55. The van der Waals surface area contributed by atoms with E-state index in [4.69, 9.17) is 4.74 Å². The molecule has 0 bridgehead atoms. The second kappa shape index (κ2) is 7.56. The lowest BCUT2D eigenvalue weighted by molar-refractivity contribution is -0.118. The summed E-state index contributed by atoms with van der Waals surface area (Å²) >= 11 is 3.12. The minimum Gasteiger partial charge on any atom is -0.383 e. The fourth-order valence-electron chi connectivity index (χ4n) is 1.65. The molecule has 0 saturated heterocycles. The maximum Gasteiger partial charge on any atom is 0.230 e. The molecule has 2 aromatic heterocycles. The van der Waals surface area contributed by atoms with Crippen molar-refractivity contribution in [2.75, 3.05) is 26.0 Å². The van der Waals surface area contributed by atoms with Gasteiger partial charge in [0, 0.05) is 23.9 Å². The Hall–Kier alpha value is -1.18. The molecule has 2 rings (SSSR count). The first-order chi connectivity index (χ1) is 9.74. The van der Waals surface area contributed by atoms with Gasteiger partial charge in [0.05, 0.1) is 12.4 Å². The van der Waals surface area contributed by atoms with Gasteiger partial charge in [-0.1, -0.05) is 18.7 Å². The summed E-state index contributed by atoms with van der Waals surface area (Å²) in [6, 6.07) is 2.12. The number of aryl methyl sites for hydroxylation is 1. The molecule has 0 aliphatic rings. The number of ether oxygens (including phenoxy) is 1. The minimum atomic E-state index is -0.00948. The minimum absolute atomic E-state index is 0.00948. The number of nitrogens with zero attached hydrogens (tertiary/aromatic N) is 2. The van der Waals surface area contributed by atoms with Gasteiger partial charge >= 0.3 is 0 Å². The predicted molar refractivity (Wildman–Crippen MR) is 82.4 cm³/mol. The van der Waals surface area contributed by atoms with Crippen LogP contribution in [0.1, 0.15) is 11.8 Å². The molecule has 20 heavy (non-hydrogen) atoms. The van der Waals surface area contributed by atoms with Gasteiger partial charge in [-0.3, -0.25) is 4.79 Å². The number of fused-ring (bicyclic) bond motifs is 1. The number of hydrogen-bond acceptors (Lipinski definition) is 6. The monoisotopic (exact) mass is 311 g/mol. The lowest BCUT2D eigenvalue weighted by atomic mass is 10.3. The van der Waals surface area contributed by atoms with E-state index in [1.165, 1.54) is 16.6 Å². The number of methoxy groups -OCH3 is 1. The Balaban J connectivity index is 1.99. The topological polar surface area (TPSA) is 64.1 Å². The number of amides is 1. The van der Waals surface area contributed by atoms with Crippen molar-refractivity contribution in [1.29, 1.82) is 0 Å². The molecule has 0 spiro atoms. The van der Waals surface area contributed by atoms with E-state index in [1.54, 1.807) is 24.8 Å². The Labute approximate surface area is 126 Å². The SMILES string of the molecule is CCc1cc2c(SCC(=O)NCCOC)ncnc2s1. The molecule has 5 nitrogen and oxygen atoms in total. The molecule has 0 unspecified atom stereocenters. The van der Waals surface area contributed by atoms with E-state index in [-0.39, 0.29) is 5.91 Å². The van der Waals surface area contributed by atoms with Gasteiger partial charge in [0.15, 0.2) is 0 Å². The van der Waals surface area contributed by atoms with E-state index in [1.807, 2.05) is 0 Å². The van der Waals surface area contributed by atoms with Crippen molar-refractivity contribution in [2.24, 2.45) is 0 Å². The quantitative estimate of drug-likeness (QED) is 0.482. The first-order valence-electron chi connectivity index (χ1n) is 6.36. The van der Waals surface area contributed by atoms with Crippen molar-refractivity contribution in [2.45, 2.75) is 18.4 Å². The average Bonchev–Trinajstić information content (AvgIpc) is 2.89. The largest absolute Gasteiger partial charge is 0.383 e. The smallest absolute Gasteiger partial charge is 0.230 e. The third kappa shape index (κ3) is 3.91. The van der Waals surface area contributed by atoms with Crippen LogP contribution in [0, 0.1) is 0 Å². The molecule has 0 aliphatic carbocycles. The Kier molecular flexibility index (Phi) is 5.75. The molecule has 0 saturated carbocycles. The number of carbonyl (C=O) groups is 1. The van der Waals surface area contributed by atoms with Crippen molar-refractivity contribution >= 4 is 39.2 Å². The van der Waals surface area contributed by atoms with Gasteiger partial charge < -0.3 is 10.1 Å². The number of carbonyl (C=O) groups excluding carboxylic acids is 1. The summed E-state index contributed by atoms with van der Waals surface area (Å²) in [7, 11) is 1.61. The molecule has 2 aromatic rings. The standard InChI is InChI=1S/C13H17N3O2S2/c1-3-9-6-10-12(15-8-16-13(10)20-9)19-7-11(17)14-4-5-18-2/h6,8H,3-5,7H2,1-2H3,(H,14,17). The molecule has 108 valence electrons. The van der Waals surface area contributed by atoms with Gasteiger partial charge in [-0.05, 0) is 12.5 Å². The maximum atomic E-state index is 11.7. The normalized spacial score (nSPS) is 10.9. The highest BCUT2D eigenvalue weighted by molar-refractivity contribution is 8.00. The fraction of sp³-hybridized carbons (Fsp3) is 0.462. The second-order valence-electron chi connectivity index (χ2n) is 4.10. The highest BCUT2D eigenvalue weighted by Gasteiger charge is 2.10. The van der Waals surface area contributed by atoms with E-state index in [0.29, 0.717) is 18.9 Å². The number of thiophene rings is 1. The maximum absolute atomic E-state index is 11.7. The third-order valence-corrected chi connectivity index (χ3v) is 4.85. The number of aromatic nitrogens is 2. The molecular weight excluding hydrogens is 294 g/mol. The van der Waals surface area contributed by atoms with Crippen molar-refractivity contribution in [3.8, 4) is 0 Å². The lowest BCUT2D eigenvalue weighted by Gasteiger charge is -2.04. The molecule has 0 aromatic carbocycles. The molecule has 2 heterocycles. The van der Waals surface area contributed by atoms with Gasteiger partial charge in [-0.2, -0.15) is 0 Å². The fourth-order valence-corrected chi connectivity index (χ4v) is 3.45. The van der Waals surface area contributed by atoms with E-state index < -0.39 is 0 Å². The summed E-state index contributed by atoms with van der Waals surface area (Å²) in [5.74, 6) is 0.345. The molecule has 0 atom stereocenters. The third-order valence-electron chi connectivity index (χ3n) is 2.66. The molecule has 0 radical (unpaired) electrons. The molecule has 0 aliphatic heterocycles. The zero-order valence-corrected chi connectivity index (χ0v) is 13.1. The predicted octanol–water partition coefficient (Wildman–Crippen LogP) is 2.11. The highest BCUT2D eigenvalue weighted by atomic mass is 32.2. The highest BCUT2D eigenvalue weighted by Crippen LogP contribution is 2.30. The Morgan fingerprint density at radius 1 is 1.50 bits per heavy atom. The number of rotatable bonds is 7. The Morgan fingerprint density at radius 3 is 3.10 bits per heavy atom. The molecule has 7 heteroatoms. The Bertz CT molecular complexity index is 586. The van der Waals surface area contributed by atoms with Gasteiger partial charge in [-0.25, -0.2) is 9.97 Å². The summed E-state index contributed by atoms with van der Waals surface area (Å²) in [5, 5.41) is 4.71. The number of hydrogen-bond donors (Lipinski definition) is 1. The molecular formula is C13H17N3O2S2. The van der Waals surface area contributed by atoms with E-state index in [9.17, 15) is 4.79 Å². The first kappa shape index (κ1) is 15.2. The summed E-state index contributed by atoms with van der Waals surface area (Å²) < 4.78 is 4.89.